The Morgan fingerprint density at radius 1 is 1.45 bits per heavy atom. The summed E-state index contributed by atoms with van der Waals surface area (Å²) in [4.78, 5) is 17.3. The van der Waals surface area contributed by atoms with Crippen LogP contribution in [0.2, 0.25) is 0 Å². The number of hydrogen-bond donors (Lipinski definition) is 1. The maximum atomic E-state index is 11.1. The first-order valence-electron chi connectivity index (χ1n) is 7.34. The molecule has 8 nitrogen and oxygen atoms in total. The summed E-state index contributed by atoms with van der Waals surface area (Å²) in [5.41, 5.74) is 5.20. The lowest BCUT2D eigenvalue weighted by Gasteiger charge is -2.31. The molecule has 0 radical (unpaired) electrons. The van der Waals surface area contributed by atoms with Gasteiger partial charge in [0, 0.05) is 19.0 Å². The van der Waals surface area contributed by atoms with Gasteiger partial charge in [-0.25, -0.2) is 9.67 Å². The Kier molecular flexibility index (Phi) is 4.06. The molecule has 0 aromatic carbocycles. The van der Waals surface area contributed by atoms with Crippen LogP contribution in [0.1, 0.15) is 54.3 Å². The quantitative estimate of drug-likeness (QED) is 0.907. The number of aromatic nitrogens is 5. The summed E-state index contributed by atoms with van der Waals surface area (Å²) in [6.07, 6.45) is 3.61. The third kappa shape index (κ3) is 2.94. The largest absolute Gasteiger partial charge is 0.363 e. The van der Waals surface area contributed by atoms with E-state index in [9.17, 15) is 4.79 Å². The maximum absolute atomic E-state index is 11.1. The van der Waals surface area contributed by atoms with Crippen LogP contribution < -0.4 is 10.6 Å². The van der Waals surface area contributed by atoms with Crippen molar-refractivity contribution in [2.24, 2.45) is 5.73 Å². The highest BCUT2D eigenvalue weighted by Gasteiger charge is 2.25. The van der Waals surface area contributed by atoms with Gasteiger partial charge < -0.3 is 10.6 Å². The molecule has 0 bridgehead atoms. The molecular formula is C13H19N7OS. The lowest BCUT2D eigenvalue weighted by atomic mass is 10.1. The number of nitrogens with zero attached hydrogens (tertiary/aromatic N) is 6. The molecule has 1 amide bonds. The molecule has 0 spiro atoms. The first kappa shape index (κ1) is 14.9. The molecule has 2 aromatic rings. The molecule has 9 heteroatoms. The zero-order valence-electron chi connectivity index (χ0n) is 12.6. The molecule has 1 aliphatic rings. The van der Waals surface area contributed by atoms with E-state index in [1.54, 1.807) is 22.3 Å². The molecule has 1 fully saturated rings. The monoisotopic (exact) mass is 321 g/mol. The summed E-state index contributed by atoms with van der Waals surface area (Å²) >= 11 is 1.64. The van der Waals surface area contributed by atoms with Crippen molar-refractivity contribution < 1.29 is 4.79 Å². The lowest BCUT2D eigenvalue weighted by molar-refractivity contribution is 0.0990. The van der Waals surface area contributed by atoms with E-state index in [2.05, 4.69) is 39.0 Å². The van der Waals surface area contributed by atoms with Gasteiger partial charge in [-0.3, -0.25) is 4.79 Å². The van der Waals surface area contributed by atoms with Gasteiger partial charge in [-0.1, -0.05) is 25.2 Å². The number of primary amides is 1. The van der Waals surface area contributed by atoms with Gasteiger partial charge in [-0.2, -0.15) is 0 Å². The highest BCUT2D eigenvalue weighted by atomic mass is 32.1. The van der Waals surface area contributed by atoms with Gasteiger partial charge in [-0.05, 0) is 12.8 Å². The van der Waals surface area contributed by atoms with E-state index in [1.807, 2.05) is 0 Å². The lowest BCUT2D eigenvalue weighted by Crippen LogP contribution is -2.36. The van der Waals surface area contributed by atoms with Crippen LogP contribution >= 0.6 is 11.3 Å². The average molecular weight is 321 g/mol. The van der Waals surface area contributed by atoms with Crippen molar-refractivity contribution in [1.82, 2.24) is 25.0 Å². The Morgan fingerprint density at radius 2 is 2.27 bits per heavy atom. The highest BCUT2D eigenvalue weighted by Crippen LogP contribution is 2.30. The number of carbonyl (C=O) groups is 1. The fourth-order valence-corrected chi connectivity index (χ4v) is 3.38. The third-order valence-electron chi connectivity index (χ3n) is 3.69. The zero-order chi connectivity index (χ0) is 15.7. The number of nitrogens with two attached hydrogens (primary N) is 1. The fourth-order valence-electron chi connectivity index (χ4n) is 2.50. The van der Waals surface area contributed by atoms with E-state index in [0.29, 0.717) is 5.92 Å². The van der Waals surface area contributed by atoms with Crippen LogP contribution in [-0.2, 0) is 0 Å². The van der Waals surface area contributed by atoms with Gasteiger partial charge in [0.2, 0.25) is 11.0 Å². The molecule has 0 aliphatic carbocycles. The predicted octanol–water partition coefficient (Wildman–Crippen LogP) is 1.19. The molecule has 3 heterocycles. The van der Waals surface area contributed by atoms with Crippen LogP contribution in [0.15, 0.2) is 6.33 Å². The average Bonchev–Trinajstić information content (AvgIpc) is 3.17. The Morgan fingerprint density at radius 3 is 2.91 bits per heavy atom. The summed E-state index contributed by atoms with van der Waals surface area (Å²) in [5.74, 6) is -0.146. The Bertz CT molecular complexity index is 665. The van der Waals surface area contributed by atoms with Crippen LogP contribution in [0.5, 0.6) is 0 Å². The van der Waals surface area contributed by atoms with Crippen LogP contribution in [-0.4, -0.2) is 44.0 Å². The van der Waals surface area contributed by atoms with Crippen LogP contribution in [0.25, 0.3) is 0 Å². The van der Waals surface area contributed by atoms with Crippen molar-refractivity contribution in [3.8, 4) is 0 Å². The molecule has 22 heavy (non-hydrogen) atoms. The van der Waals surface area contributed by atoms with E-state index in [-0.39, 0.29) is 11.9 Å². The number of piperidine rings is 1. The Labute approximate surface area is 132 Å². The molecular weight excluding hydrogens is 302 g/mol. The highest BCUT2D eigenvalue weighted by molar-refractivity contribution is 7.15. The SMILES string of the molecule is CC(C)c1nnc(N2CCC[C@@H](n3cnc(C(N)=O)n3)C2)s1. The van der Waals surface area contributed by atoms with Gasteiger partial charge in [0.15, 0.2) is 0 Å². The molecule has 2 N–H and O–H groups in total. The third-order valence-corrected chi connectivity index (χ3v) is 4.98. The van der Waals surface area contributed by atoms with Crippen molar-refractivity contribution in [3.05, 3.63) is 17.2 Å². The molecule has 0 saturated carbocycles. The van der Waals surface area contributed by atoms with Crippen LogP contribution in [0.3, 0.4) is 0 Å². The topological polar surface area (TPSA) is 103 Å². The van der Waals surface area contributed by atoms with Crippen molar-refractivity contribution in [3.63, 3.8) is 0 Å². The van der Waals surface area contributed by atoms with Crippen molar-refractivity contribution in [2.45, 2.75) is 38.6 Å². The van der Waals surface area contributed by atoms with Gasteiger partial charge >= 0.3 is 0 Å². The standard InChI is InChI=1S/C13H19N7OS/c1-8(2)12-16-17-13(22-12)19-5-3-4-9(6-19)20-7-15-11(18-20)10(14)21/h7-9H,3-6H2,1-2H3,(H2,14,21)/t9-/m1/s1. The number of hydrogen-bond acceptors (Lipinski definition) is 7. The first-order chi connectivity index (χ1) is 10.5. The van der Waals surface area contributed by atoms with Gasteiger partial charge in [0.05, 0.1) is 6.04 Å². The van der Waals surface area contributed by atoms with Crippen LogP contribution in [0, 0.1) is 0 Å². The van der Waals surface area contributed by atoms with Gasteiger partial charge in [-0.15, -0.1) is 15.3 Å². The molecule has 0 unspecified atom stereocenters. The normalized spacial score (nSPS) is 18.9. The Balaban J connectivity index is 1.74. The molecule has 1 aliphatic heterocycles. The van der Waals surface area contributed by atoms with E-state index in [0.717, 1.165) is 36.1 Å². The van der Waals surface area contributed by atoms with Crippen molar-refractivity contribution in [1.29, 1.82) is 0 Å². The number of carbonyl (C=O) groups excluding carboxylic acids is 1. The molecule has 1 atom stereocenters. The molecule has 118 valence electrons. The number of rotatable bonds is 4. The van der Waals surface area contributed by atoms with E-state index in [4.69, 9.17) is 5.73 Å². The zero-order valence-corrected chi connectivity index (χ0v) is 13.5. The molecule has 1 saturated heterocycles. The summed E-state index contributed by atoms with van der Waals surface area (Å²) in [7, 11) is 0. The summed E-state index contributed by atoms with van der Waals surface area (Å²) < 4.78 is 1.73. The minimum absolute atomic E-state index is 0.0649. The number of anilines is 1. The number of amides is 1. The maximum Gasteiger partial charge on any atom is 0.288 e. The second-order valence-corrected chi connectivity index (χ2v) is 6.72. The molecule has 2 aromatic heterocycles. The van der Waals surface area contributed by atoms with Gasteiger partial charge in [0.1, 0.15) is 11.3 Å². The van der Waals surface area contributed by atoms with Gasteiger partial charge in [0.25, 0.3) is 5.91 Å². The first-order valence-corrected chi connectivity index (χ1v) is 8.15. The predicted molar refractivity (Wildman–Crippen MR) is 83.0 cm³/mol. The molecule has 3 rings (SSSR count). The minimum atomic E-state index is -0.600. The van der Waals surface area contributed by atoms with E-state index in [1.165, 1.54) is 0 Å². The van der Waals surface area contributed by atoms with Crippen molar-refractivity contribution >= 4 is 22.4 Å². The van der Waals surface area contributed by atoms with Crippen molar-refractivity contribution in [2.75, 3.05) is 18.0 Å². The van der Waals surface area contributed by atoms with Crippen LogP contribution in [0.4, 0.5) is 5.13 Å². The smallest absolute Gasteiger partial charge is 0.288 e. The summed E-state index contributed by atoms with van der Waals surface area (Å²) in [5, 5.41) is 14.7. The summed E-state index contributed by atoms with van der Waals surface area (Å²) in [6.45, 7) is 5.98. The minimum Gasteiger partial charge on any atom is -0.363 e. The van der Waals surface area contributed by atoms with E-state index >= 15 is 0 Å². The van der Waals surface area contributed by atoms with E-state index < -0.39 is 5.91 Å². The fraction of sp³-hybridized carbons (Fsp3) is 0.615. The second-order valence-electron chi connectivity index (χ2n) is 5.73. The second kappa shape index (κ2) is 5.99. The Hall–Kier alpha value is -2.03. The summed E-state index contributed by atoms with van der Waals surface area (Å²) in [6, 6.07) is 0.167.